The molecule has 4 aromatic rings. The molecule has 0 aliphatic carbocycles. The molecule has 1 amide bonds. The molecule has 2 aromatic heterocycles. The molecule has 0 bridgehead atoms. The number of carboxylic acid groups (broad SMARTS) is 1. The molecule has 0 aliphatic heterocycles. The SMILES string of the molecule is COc1ncc(N(C)c2ccc3nc(C)nc(N[C@H](C)c4cccc(C(F)F)c4C)c3c2)cc1CC(=O)N(C)C.O=CO. The van der Waals surface area contributed by atoms with Crippen molar-refractivity contribution in [1.82, 2.24) is 19.9 Å². The van der Waals surface area contributed by atoms with Gasteiger partial charge in [-0.1, -0.05) is 18.2 Å². The lowest BCUT2D eigenvalue weighted by Crippen LogP contribution is -2.24. The van der Waals surface area contributed by atoms with Crippen LogP contribution in [0.15, 0.2) is 48.7 Å². The average Bonchev–Trinajstić information content (AvgIpc) is 2.96. The summed E-state index contributed by atoms with van der Waals surface area (Å²) < 4.78 is 32.4. The summed E-state index contributed by atoms with van der Waals surface area (Å²) >= 11 is 0. The zero-order valence-electron chi connectivity index (χ0n) is 25.2. The molecule has 2 N–H and O–H groups in total. The number of hydrogen-bond donors (Lipinski definition) is 2. The zero-order chi connectivity index (χ0) is 31.8. The summed E-state index contributed by atoms with van der Waals surface area (Å²) in [6, 6.07) is 12.4. The second kappa shape index (κ2) is 14.3. The Balaban J connectivity index is 0.00000162. The molecule has 1 atom stereocenters. The maximum Gasteiger partial charge on any atom is 0.290 e. The van der Waals surface area contributed by atoms with Gasteiger partial charge in [0, 0.05) is 43.3 Å². The van der Waals surface area contributed by atoms with E-state index in [9.17, 15) is 13.6 Å². The minimum absolute atomic E-state index is 0.0264. The highest BCUT2D eigenvalue weighted by Gasteiger charge is 2.19. The molecule has 0 unspecified atom stereocenters. The van der Waals surface area contributed by atoms with E-state index in [0.29, 0.717) is 28.6 Å². The van der Waals surface area contributed by atoms with Crippen molar-refractivity contribution in [2.75, 3.05) is 38.5 Å². The van der Waals surface area contributed by atoms with Crippen LogP contribution in [0.1, 0.15) is 47.5 Å². The highest BCUT2D eigenvalue weighted by atomic mass is 19.3. The van der Waals surface area contributed by atoms with Crippen molar-refractivity contribution in [1.29, 1.82) is 0 Å². The van der Waals surface area contributed by atoms with E-state index >= 15 is 0 Å². The van der Waals surface area contributed by atoms with Gasteiger partial charge in [0.25, 0.3) is 12.9 Å². The van der Waals surface area contributed by atoms with Crippen LogP contribution >= 0.6 is 0 Å². The number of aromatic nitrogens is 3. The first-order valence-corrected chi connectivity index (χ1v) is 13.4. The number of rotatable bonds is 9. The highest BCUT2D eigenvalue weighted by Crippen LogP contribution is 2.34. The average molecular weight is 595 g/mol. The van der Waals surface area contributed by atoms with Crippen LogP contribution in [0.3, 0.4) is 0 Å². The smallest absolute Gasteiger partial charge is 0.290 e. The number of anilines is 3. The van der Waals surface area contributed by atoms with Crippen molar-refractivity contribution in [2.24, 2.45) is 0 Å². The van der Waals surface area contributed by atoms with Gasteiger partial charge in [0.15, 0.2) is 0 Å². The largest absolute Gasteiger partial charge is 0.483 e. The van der Waals surface area contributed by atoms with Gasteiger partial charge >= 0.3 is 0 Å². The molecule has 0 saturated heterocycles. The molecule has 10 nitrogen and oxygen atoms in total. The van der Waals surface area contributed by atoms with Crippen LogP contribution in [0.5, 0.6) is 5.88 Å². The first-order valence-electron chi connectivity index (χ1n) is 13.4. The van der Waals surface area contributed by atoms with Gasteiger partial charge in [-0.15, -0.1) is 0 Å². The Bertz CT molecular complexity index is 1600. The third-order valence-electron chi connectivity index (χ3n) is 6.98. The molecule has 0 fully saturated rings. The number of hydrogen-bond acceptors (Lipinski definition) is 8. The lowest BCUT2D eigenvalue weighted by atomic mass is 9.97. The first-order chi connectivity index (χ1) is 20.4. The molecule has 12 heteroatoms. The van der Waals surface area contributed by atoms with Gasteiger partial charge < -0.3 is 25.0 Å². The number of carbonyl (C=O) groups excluding carboxylic acids is 1. The summed E-state index contributed by atoms with van der Waals surface area (Å²) in [6.45, 7) is 5.21. The van der Waals surface area contributed by atoms with Crippen LogP contribution < -0.4 is 15.0 Å². The van der Waals surface area contributed by atoms with E-state index in [1.807, 2.05) is 56.1 Å². The molecule has 43 heavy (non-hydrogen) atoms. The summed E-state index contributed by atoms with van der Waals surface area (Å²) in [5.74, 6) is 1.55. The van der Waals surface area contributed by atoms with Crippen molar-refractivity contribution in [3.8, 4) is 5.88 Å². The van der Waals surface area contributed by atoms with Gasteiger partial charge in [-0.25, -0.2) is 23.7 Å². The summed E-state index contributed by atoms with van der Waals surface area (Å²) in [7, 11) is 6.86. The van der Waals surface area contributed by atoms with E-state index in [1.54, 1.807) is 33.3 Å². The molecule has 228 valence electrons. The molecule has 4 rings (SSSR count). The minimum Gasteiger partial charge on any atom is -0.483 e. The highest BCUT2D eigenvalue weighted by molar-refractivity contribution is 5.92. The lowest BCUT2D eigenvalue weighted by molar-refractivity contribution is -0.128. The molecule has 2 heterocycles. The third kappa shape index (κ3) is 7.70. The first kappa shape index (κ1) is 32.6. The Morgan fingerprint density at radius 2 is 1.74 bits per heavy atom. The Morgan fingerprint density at radius 3 is 2.37 bits per heavy atom. The summed E-state index contributed by atoms with van der Waals surface area (Å²) in [4.78, 5) is 37.9. The lowest BCUT2D eigenvalue weighted by Gasteiger charge is -2.23. The van der Waals surface area contributed by atoms with Crippen molar-refractivity contribution in [3.05, 3.63) is 76.7 Å². The Kier molecular flexibility index (Phi) is 10.9. The van der Waals surface area contributed by atoms with Crippen molar-refractivity contribution in [2.45, 2.75) is 39.7 Å². The molecular weight excluding hydrogens is 558 g/mol. The summed E-state index contributed by atoms with van der Waals surface area (Å²) in [5, 5.41) is 11.1. The maximum absolute atomic E-state index is 13.5. The number of halogens is 2. The molecule has 0 spiro atoms. The number of benzene rings is 2. The van der Waals surface area contributed by atoms with E-state index < -0.39 is 6.43 Å². The Morgan fingerprint density at radius 1 is 1.07 bits per heavy atom. The number of amides is 1. The van der Waals surface area contributed by atoms with Crippen LogP contribution in [0.4, 0.5) is 26.0 Å². The van der Waals surface area contributed by atoms with Crippen molar-refractivity contribution in [3.63, 3.8) is 0 Å². The fourth-order valence-corrected chi connectivity index (χ4v) is 4.66. The van der Waals surface area contributed by atoms with E-state index in [0.717, 1.165) is 27.8 Å². The molecule has 2 aromatic carbocycles. The van der Waals surface area contributed by atoms with E-state index in [2.05, 4.69) is 20.3 Å². The normalized spacial score (nSPS) is 11.4. The minimum atomic E-state index is -2.54. The van der Waals surface area contributed by atoms with E-state index in [-0.39, 0.29) is 30.4 Å². The van der Waals surface area contributed by atoms with Crippen LogP contribution in [0.2, 0.25) is 0 Å². The van der Waals surface area contributed by atoms with Gasteiger partial charge in [0.1, 0.15) is 11.6 Å². The van der Waals surface area contributed by atoms with Gasteiger partial charge in [0.05, 0.1) is 37.0 Å². The predicted octanol–water partition coefficient (Wildman–Crippen LogP) is 5.86. The molecule has 0 aliphatic rings. The quantitative estimate of drug-likeness (QED) is 0.230. The van der Waals surface area contributed by atoms with E-state index in [4.69, 9.17) is 14.6 Å². The topological polar surface area (TPSA) is 121 Å². The number of carbonyl (C=O) groups is 2. The van der Waals surface area contributed by atoms with Crippen molar-refractivity contribution >= 4 is 40.5 Å². The van der Waals surface area contributed by atoms with Crippen LogP contribution in [0.25, 0.3) is 10.9 Å². The second-order valence-electron chi connectivity index (χ2n) is 10.0. The fraction of sp³-hybridized carbons (Fsp3) is 0.323. The number of likely N-dealkylation sites (N-methyl/N-ethyl adjacent to an activating group) is 1. The van der Waals surface area contributed by atoms with Gasteiger partial charge in [-0.2, -0.15) is 0 Å². The number of aryl methyl sites for hydroxylation is 1. The number of ether oxygens (including phenoxy) is 1. The zero-order valence-corrected chi connectivity index (χ0v) is 25.2. The standard InChI is InChI=1S/C30H34F2N6O2.CH2O2/c1-17-23(9-8-10-24(17)28(31)32)18(2)34-29-25-15-21(11-12-26(25)35-19(3)36-29)38(6)22-13-20(14-27(39)37(4)5)30(40-7)33-16-22;2-1-3/h8-13,15-16,18,28H,14H2,1-7H3,(H,34,35,36);1H,(H,2,3)/t18-;/m1./s1. The summed E-state index contributed by atoms with van der Waals surface area (Å²) in [6.07, 6.45) is -0.687. The number of alkyl halides is 2. The van der Waals surface area contributed by atoms with Gasteiger partial charge in [-0.3, -0.25) is 9.59 Å². The van der Waals surface area contributed by atoms with Crippen LogP contribution in [-0.4, -0.2) is 65.6 Å². The van der Waals surface area contributed by atoms with Crippen LogP contribution in [0, 0.1) is 13.8 Å². The maximum atomic E-state index is 13.5. The Labute approximate surface area is 249 Å². The molecule has 0 radical (unpaired) electrons. The van der Waals surface area contributed by atoms with Crippen LogP contribution in [-0.2, 0) is 16.0 Å². The van der Waals surface area contributed by atoms with Crippen molar-refractivity contribution < 1.29 is 28.2 Å². The third-order valence-corrected chi connectivity index (χ3v) is 6.98. The predicted molar refractivity (Wildman–Crippen MR) is 162 cm³/mol. The fourth-order valence-electron chi connectivity index (χ4n) is 4.66. The Hall–Kier alpha value is -4.87. The van der Waals surface area contributed by atoms with Gasteiger partial charge in [-0.05, 0) is 56.2 Å². The second-order valence-corrected chi connectivity index (χ2v) is 10.0. The number of methoxy groups -OCH3 is 1. The number of nitrogens with one attached hydrogen (secondary N) is 1. The number of fused-ring (bicyclic) bond motifs is 1. The number of pyridine rings is 1. The number of nitrogens with zero attached hydrogens (tertiary/aromatic N) is 5. The molecular formula is C31H36F2N6O4. The summed E-state index contributed by atoms with van der Waals surface area (Å²) in [5.41, 5.74) is 4.42. The van der Waals surface area contributed by atoms with Gasteiger partial charge in [0.2, 0.25) is 11.8 Å². The van der Waals surface area contributed by atoms with E-state index in [1.165, 1.54) is 18.1 Å². The molecule has 0 saturated carbocycles. The monoisotopic (exact) mass is 594 g/mol.